The molecule has 0 aliphatic rings. The smallest absolute Gasteiger partial charge is 0.264 e. The van der Waals surface area contributed by atoms with E-state index in [0.29, 0.717) is 12.2 Å². The second-order valence-electron chi connectivity index (χ2n) is 9.25. The van der Waals surface area contributed by atoms with E-state index in [2.05, 4.69) is 5.32 Å². The molecule has 8 heteroatoms. The van der Waals surface area contributed by atoms with Crippen LogP contribution in [0.15, 0.2) is 77.7 Å². The van der Waals surface area contributed by atoms with Crippen molar-refractivity contribution in [1.82, 2.24) is 10.2 Å². The highest BCUT2D eigenvalue weighted by Crippen LogP contribution is 2.27. The highest BCUT2D eigenvalue weighted by Gasteiger charge is 2.32. The fourth-order valence-corrected chi connectivity index (χ4v) is 5.54. The zero-order valence-electron chi connectivity index (χ0n) is 22.1. The molecule has 0 aliphatic heterocycles. The quantitative estimate of drug-likeness (QED) is 0.430. The first-order valence-electron chi connectivity index (χ1n) is 12.3. The van der Waals surface area contributed by atoms with Gasteiger partial charge in [-0.1, -0.05) is 54.1 Å². The molecule has 0 unspecified atom stereocenters. The van der Waals surface area contributed by atoms with Gasteiger partial charge in [0, 0.05) is 13.1 Å². The number of anilines is 1. The number of hydrogen-bond acceptors (Lipinski definition) is 4. The second kappa shape index (κ2) is 12.1. The van der Waals surface area contributed by atoms with Gasteiger partial charge >= 0.3 is 0 Å². The minimum absolute atomic E-state index is 0.0939. The molecule has 2 amide bonds. The molecule has 1 atom stereocenters. The average molecular weight is 522 g/mol. The third kappa shape index (κ3) is 6.98. The summed E-state index contributed by atoms with van der Waals surface area (Å²) in [5.74, 6) is -0.774. The lowest BCUT2D eigenvalue weighted by atomic mass is 10.1. The number of nitrogens with zero attached hydrogens (tertiary/aromatic N) is 2. The van der Waals surface area contributed by atoms with Gasteiger partial charge in [-0.2, -0.15) is 0 Å². The number of carbonyl (C=O) groups excluding carboxylic acids is 2. The summed E-state index contributed by atoms with van der Waals surface area (Å²) in [6.45, 7) is 9.25. The van der Waals surface area contributed by atoms with Gasteiger partial charge < -0.3 is 10.2 Å². The summed E-state index contributed by atoms with van der Waals surface area (Å²) in [7, 11) is -4.08. The van der Waals surface area contributed by atoms with Gasteiger partial charge in [-0.05, 0) is 75.6 Å². The number of sulfonamides is 1. The minimum atomic E-state index is -4.08. The van der Waals surface area contributed by atoms with Crippen LogP contribution in [0.1, 0.15) is 36.1 Å². The summed E-state index contributed by atoms with van der Waals surface area (Å²) >= 11 is 0. The Labute approximate surface area is 220 Å². The highest BCUT2D eigenvalue weighted by atomic mass is 32.2. The van der Waals surface area contributed by atoms with Gasteiger partial charge in [-0.3, -0.25) is 13.9 Å². The molecular formula is C29H35N3O4S. The molecule has 0 radical (unpaired) electrons. The highest BCUT2D eigenvalue weighted by molar-refractivity contribution is 7.92. The molecule has 3 aromatic rings. The Morgan fingerprint density at radius 3 is 2.03 bits per heavy atom. The van der Waals surface area contributed by atoms with Crippen molar-refractivity contribution in [2.75, 3.05) is 17.4 Å². The standard InChI is InChI=1S/C29H35N3O4S/c1-6-30-29(34)24(5)31(19-25-10-8-7-9-11-25)28(33)20-32(26-17-22(3)16-23(4)18-26)37(35,36)27-14-12-21(2)13-15-27/h7-18,24H,6,19-20H2,1-5H3,(H,30,34)/t24-/m1/s1. The molecule has 37 heavy (non-hydrogen) atoms. The van der Waals surface area contributed by atoms with Gasteiger partial charge in [0.15, 0.2) is 0 Å². The zero-order valence-corrected chi connectivity index (χ0v) is 22.9. The average Bonchev–Trinajstić information content (AvgIpc) is 2.85. The van der Waals surface area contributed by atoms with Crippen LogP contribution in [0.4, 0.5) is 5.69 Å². The summed E-state index contributed by atoms with van der Waals surface area (Å²) in [5, 5.41) is 2.76. The van der Waals surface area contributed by atoms with E-state index in [4.69, 9.17) is 0 Å². The Morgan fingerprint density at radius 1 is 0.865 bits per heavy atom. The molecule has 0 saturated heterocycles. The maximum absolute atomic E-state index is 13.9. The van der Waals surface area contributed by atoms with E-state index in [1.165, 1.54) is 4.90 Å². The molecule has 7 nitrogen and oxygen atoms in total. The van der Waals surface area contributed by atoms with Crippen molar-refractivity contribution in [3.63, 3.8) is 0 Å². The minimum Gasteiger partial charge on any atom is -0.355 e. The van der Waals surface area contributed by atoms with Crippen LogP contribution in [0, 0.1) is 20.8 Å². The number of amides is 2. The molecule has 0 spiro atoms. The Balaban J connectivity index is 2.05. The fourth-order valence-electron chi connectivity index (χ4n) is 4.15. The summed E-state index contributed by atoms with van der Waals surface area (Å²) in [5.41, 5.74) is 3.92. The van der Waals surface area contributed by atoms with Crippen LogP contribution in [0.3, 0.4) is 0 Å². The zero-order chi connectivity index (χ0) is 27.2. The van der Waals surface area contributed by atoms with E-state index in [1.54, 1.807) is 43.3 Å². The second-order valence-corrected chi connectivity index (χ2v) is 11.1. The van der Waals surface area contributed by atoms with Gasteiger partial charge in [0.05, 0.1) is 10.6 Å². The monoisotopic (exact) mass is 521 g/mol. The molecule has 1 N–H and O–H groups in total. The molecule has 196 valence electrons. The number of nitrogens with one attached hydrogen (secondary N) is 1. The molecule has 0 heterocycles. The molecular weight excluding hydrogens is 486 g/mol. The molecule has 0 aromatic heterocycles. The number of hydrogen-bond donors (Lipinski definition) is 1. The Bertz CT molecular complexity index is 1320. The number of carbonyl (C=O) groups is 2. The first-order valence-corrected chi connectivity index (χ1v) is 13.8. The summed E-state index contributed by atoms with van der Waals surface area (Å²) in [4.78, 5) is 28.1. The first kappa shape index (κ1) is 27.9. The maximum atomic E-state index is 13.9. The van der Waals surface area contributed by atoms with Crippen molar-refractivity contribution < 1.29 is 18.0 Å². The normalized spacial score (nSPS) is 12.0. The third-order valence-corrected chi connectivity index (χ3v) is 7.88. The van der Waals surface area contributed by atoms with Gasteiger partial charge in [-0.25, -0.2) is 8.42 Å². The molecule has 3 aromatic carbocycles. The van der Waals surface area contributed by atoms with Crippen LogP contribution in [0.25, 0.3) is 0 Å². The number of likely N-dealkylation sites (N-methyl/N-ethyl adjacent to an activating group) is 1. The van der Waals surface area contributed by atoms with E-state index < -0.39 is 28.5 Å². The van der Waals surface area contributed by atoms with Gasteiger partial charge in [-0.15, -0.1) is 0 Å². The fraction of sp³-hybridized carbons (Fsp3) is 0.310. The van der Waals surface area contributed by atoms with Crippen LogP contribution in [-0.4, -0.2) is 44.3 Å². The third-order valence-electron chi connectivity index (χ3n) is 6.10. The summed E-state index contributed by atoms with van der Waals surface area (Å²) < 4.78 is 28.9. The van der Waals surface area contributed by atoms with Crippen LogP contribution < -0.4 is 9.62 Å². The molecule has 0 saturated carbocycles. The van der Waals surface area contributed by atoms with Crippen LogP contribution >= 0.6 is 0 Å². The SMILES string of the molecule is CCNC(=O)[C@@H](C)N(Cc1ccccc1)C(=O)CN(c1cc(C)cc(C)c1)S(=O)(=O)c1ccc(C)cc1. The predicted molar refractivity (Wildman–Crippen MR) is 147 cm³/mol. The Kier molecular flexibility index (Phi) is 9.10. The number of aryl methyl sites for hydroxylation is 3. The topological polar surface area (TPSA) is 86.8 Å². The van der Waals surface area contributed by atoms with Gasteiger partial charge in [0.25, 0.3) is 10.0 Å². The number of benzene rings is 3. The maximum Gasteiger partial charge on any atom is 0.264 e. The Morgan fingerprint density at radius 2 is 1.46 bits per heavy atom. The summed E-state index contributed by atoms with van der Waals surface area (Å²) in [6, 6.07) is 20.5. The van der Waals surface area contributed by atoms with Crippen molar-refractivity contribution in [1.29, 1.82) is 0 Å². The van der Waals surface area contributed by atoms with Gasteiger partial charge in [0.1, 0.15) is 12.6 Å². The van der Waals surface area contributed by atoms with Crippen molar-refractivity contribution in [3.05, 3.63) is 95.1 Å². The largest absolute Gasteiger partial charge is 0.355 e. The van der Waals surface area contributed by atoms with Crippen LogP contribution in [0.5, 0.6) is 0 Å². The van der Waals surface area contributed by atoms with Crippen LogP contribution in [0.2, 0.25) is 0 Å². The van der Waals surface area contributed by atoms with Crippen molar-refractivity contribution in [3.8, 4) is 0 Å². The van der Waals surface area contributed by atoms with Crippen molar-refractivity contribution in [2.45, 2.75) is 52.1 Å². The molecule has 3 rings (SSSR count). The molecule has 0 aliphatic carbocycles. The summed E-state index contributed by atoms with van der Waals surface area (Å²) in [6.07, 6.45) is 0. The van der Waals surface area contributed by atoms with E-state index in [1.807, 2.05) is 64.1 Å². The van der Waals surface area contributed by atoms with E-state index >= 15 is 0 Å². The molecule has 0 fully saturated rings. The first-order chi connectivity index (χ1) is 17.5. The van der Waals surface area contributed by atoms with E-state index in [9.17, 15) is 18.0 Å². The van der Waals surface area contributed by atoms with E-state index in [-0.39, 0.29) is 17.3 Å². The van der Waals surface area contributed by atoms with Gasteiger partial charge in [0.2, 0.25) is 11.8 Å². The molecule has 0 bridgehead atoms. The Hall–Kier alpha value is -3.65. The predicted octanol–water partition coefficient (Wildman–Crippen LogP) is 4.36. The lowest BCUT2D eigenvalue weighted by Gasteiger charge is -2.32. The van der Waals surface area contributed by atoms with Crippen LogP contribution in [-0.2, 0) is 26.2 Å². The van der Waals surface area contributed by atoms with Crippen molar-refractivity contribution in [2.24, 2.45) is 0 Å². The van der Waals surface area contributed by atoms with E-state index in [0.717, 1.165) is 26.6 Å². The van der Waals surface area contributed by atoms with Crippen molar-refractivity contribution >= 4 is 27.5 Å². The lowest BCUT2D eigenvalue weighted by Crippen LogP contribution is -2.51. The lowest BCUT2D eigenvalue weighted by molar-refractivity contribution is -0.139. The number of rotatable bonds is 10.